The monoisotopic (exact) mass is 185 g/mol. The van der Waals surface area contributed by atoms with Gasteiger partial charge in [-0.2, -0.15) is 0 Å². The van der Waals surface area contributed by atoms with Crippen LogP contribution in [0.3, 0.4) is 0 Å². The Morgan fingerprint density at radius 2 is 2.10 bits per heavy atom. The molecule has 0 aliphatic heterocycles. The summed E-state index contributed by atoms with van der Waals surface area (Å²) in [6.45, 7) is -0.569. The Balaban J connectivity index is 3.48. The van der Waals surface area contributed by atoms with Crippen LogP contribution in [-0.4, -0.2) is 22.6 Å². The molecule has 0 aliphatic carbocycles. The Labute approximate surface area is 65.2 Å². The van der Waals surface area contributed by atoms with Crippen molar-refractivity contribution in [2.75, 3.05) is 12.9 Å². The van der Waals surface area contributed by atoms with Crippen LogP contribution in [0.25, 0.3) is 0 Å². The van der Waals surface area contributed by atoms with Crippen LogP contribution >= 0.6 is 6.72 Å². The molecule has 0 amide bonds. The molecule has 0 radical (unpaired) electrons. The van der Waals surface area contributed by atoms with Crippen LogP contribution in [0.5, 0.6) is 0 Å². The van der Waals surface area contributed by atoms with Gasteiger partial charge in [0.1, 0.15) is 0 Å². The van der Waals surface area contributed by atoms with Gasteiger partial charge in [-0.1, -0.05) is 13.3 Å². The third-order valence-corrected chi connectivity index (χ3v) is 3.73. The van der Waals surface area contributed by atoms with E-state index in [9.17, 15) is 0 Å². The van der Waals surface area contributed by atoms with E-state index in [1.807, 2.05) is 6.92 Å². The topological polar surface area (TPSA) is 49.7 Å². The van der Waals surface area contributed by atoms with Crippen LogP contribution < -0.4 is 0 Å². The van der Waals surface area contributed by atoms with Gasteiger partial charge in [0.05, 0.1) is 6.61 Å². The average Bonchev–Trinajstić information content (AvgIpc) is 1.89. The smallest absolute Gasteiger partial charge is 0.289 e. The van der Waals surface area contributed by atoms with Crippen molar-refractivity contribution >= 4 is 17.7 Å². The second kappa shape index (κ2) is 5.22. The van der Waals surface area contributed by atoms with Crippen molar-refractivity contribution in [3.63, 3.8) is 0 Å². The molecule has 0 saturated carbocycles. The SMILES string of the molecule is CCCCOP(O)(O)=[S+]C. The van der Waals surface area contributed by atoms with Gasteiger partial charge in [0.15, 0.2) is 6.26 Å². The zero-order valence-electron chi connectivity index (χ0n) is 6.28. The number of unbranched alkanes of at least 4 members (excludes halogenated alkanes) is 1. The quantitative estimate of drug-likeness (QED) is 0.393. The summed E-state index contributed by atoms with van der Waals surface area (Å²) < 4.78 is 4.80. The molecule has 0 aromatic rings. The molecule has 0 aliphatic rings. The molecule has 0 saturated heterocycles. The summed E-state index contributed by atoms with van der Waals surface area (Å²) in [4.78, 5) is 17.9. The maximum Gasteiger partial charge on any atom is 0.517 e. The fourth-order valence-electron chi connectivity index (χ4n) is 0.381. The van der Waals surface area contributed by atoms with Gasteiger partial charge < -0.3 is 0 Å². The van der Waals surface area contributed by atoms with Gasteiger partial charge in [-0.15, -0.1) is 0 Å². The van der Waals surface area contributed by atoms with Crippen molar-refractivity contribution in [2.45, 2.75) is 19.8 Å². The van der Waals surface area contributed by atoms with E-state index in [2.05, 4.69) is 0 Å². The van der Waals surface area contributed by atoms with Crippen LogP contribution in [0.2, 0.25) is 0 Å². The molecule has 62 valence electrons. The van der Waals surface area contributed by atoms with Crippen molar-refractivity contribution in [1.82, 2.24) is 0 Å². The van der Waals surface area contributed by atoms with E-state index >= 15 is 0 Å². The van der Waals surface area contributed by atoms with Crippen LogP contribution in [0.1, 0.15) is 19.8 Å². The van der Waals surface area contributed by atoms with Crippen LogP contribution in [-0.2, 0) is 15.5 Å². The van der Waals surface area contributed by atoms with Crippen molar-refractivity contribution in [3.05, 3.63) is 0 Å². The van der Waals surface area contributed by atoms with E-state index in [0.29, 0.717) is 6.61 Å². The Morgan fingerprint density at radius 3 is 2.50 bits per heavy atom. The predicted molar refractivity (Wildman–Crippen MR) is 45.5 cm³/mol. The standard InChI is InChI=1S/C5H14O3PS/c1-3-4-5-8-9(6,7)10-2/h6-7H,3-5H2,1-2H3/q+1. The lowest BCUT2D eigenvalue weighted by molar-refractivity contribution is 0.247. The lowest BCUT2D eigenvalue weighted by Crippen LogP contribution is -1.91. The normalized spacial score (nSPS) is 11.6. The highest BCUT2D eigenvalue weighted by molar-refractivity contribution is 8.16. The molecule has 10 heavy (non-hydrogen) atoms. The Morgan fingerprint density at radius 1 is 1.50 bits per heavy atom. The highest BCUT2D eigenvalue weighted by atomic mass is 32.5. The summed E-state index contributed by atoms with van der Waals surface area (Å²) in [5.74, 6) is 0. The van der Waals surface area contributed by atoms with Gasteiger partial charge in [0, 0.05) is 0 Å². The second-order valence-electron chi connectivity index (χ2n) is 1.86. The highest BCUT2D eigenvalue weighted by Gasteiger charge is 2.21. The molecule has 0 unspecified atom stereocenters. The van der Waals surface area contributed by atoms with Gasteiger partial charge in [0.25, 0.3) is 0 Å². The fraction of sp³-hybridized carbons (Fsp3) is 1.00. The first-order valence-electron chi connectivity index (χ1n) is 3.17. The molecule has 5 heteroatoms. The van der Waals surface area contributed by atoms with Gasteiger partial charge >= 0.3 is 6.72 Å². The van der Waals surface area contributed by atoms with E-state index in [1.165, 1.54) is 0 Å². The molecule has 0 heterocycles. The molecule has 0 fully saturated rings. The lowest BCUT2D eigenvalue weighted by atomic mass is 10.4. The van der Waals surface area contributed by atoms with E-state index in [-0.39, 0.29) is 0 Å². The average molecular weight is 185 g/mol. The number of hydrogen-bond donors (Lipinski definition) is 2. The molecule has 0 rings (SSSR count). The molecule has 0 aromatic heterocycles. The zero-order valence-corrected chi connectivity index (χ0v) is 7.99. The molecule has 2 N–H and O–H groups in total. The van der Waals surface area contributed by atoms with E-state index in [1.54, 1.807) is 6.26 Å². The molecule has 0 aromatic carbocycles. The van der Waals surface area contributed by atoms with Crippen LogP contribution in [0, 0.1) is 0 Å². The van der Waals surface area contributed by atoms with E-state index < -0.39 is 6.72 Å². The zero-order chi connectivity index (χ0) is 8.04. The fourth-order valence-corrected chi connectivity index (χ4v) is 1.39. The maximum absolute atomic E-state index is 8.96. The molecular weight excluding hydrogens is 171 g/mol. The Hall–Kier alpha value is 0.530. The summed E-state index contributed by atoms with van der Waals surface area (Å²) in [5, 5.41) is 0. The summed E-state index contributed by atoms with van der Waals surface area (Å²) in [6.07, 6.45) is 3.51. The van der Waals surface area contributed by atoms with Gasteiger partial charge in [-0.05, 0) is 6.42 Å². The first kappa shape index (κ1) is 10.5. The second-order valence-corrected chi connectivity index (χ2v) is 5.99. The van der Waals surface area contributed by atoms with Gasteiger partial charge in [-0.25, -0.2) is 0 Å². The van der Waals surface area contributed by atoms with Crippen molar-refractivity contribution in [2.24, 2.45) is 0 Å². The minimum absolute atomic E-state index is 0.443. The summed E-state index contributed by atoms with van der Waals surface area (Å²) >= 11 is 0. The number of rotatable bonds is 4. The van der Waals surface area contributed by atoms with E-state index in [4.69, 9.17) is 14.3 Å². The summed E-state index contributed by atoms with van der Waals surface area (Å²) in [7, 11) is 0.978. The largest absolute Gasteiger partial charge is 0.517 e. The third kappa shape index (κ3) is 5.33. The first-order valence-corrected chi connectivity index (χ1v) is 6.61. The minimum atomic E-state index is -3.04. The third-order valence-electron chi connectivity index (χ3n) is 0.995. The highest BCUT2D eigenvalue weighted by Crippen LogP contribution is 2.38. The molecule has 0 atom stereocenters. The van der Waals surface area contributed by atoms with E-state index in [0.717, 1.165) is 23.8 Å². The first-order chi connectivity index (χ1) is 4.62. The summed E-state index contributed by atoms with van der Waals surface area (Å²) in [5.41, 5.74) is 0. The molecule has 3 nitrogen and oxygen atoms in total. The van der Waals surface area contributed by atoms with Crippen molar-refractivity contribution in [3.8, 4) is 0 Å². The van der Waals surface area contributed by atoms with Crippen molar-refractivity contribution < 1.29 is 14.3 Å². The number of hydrogen-bond acceptors (Lipinski definition) is 1. The Bertz CT molecular complexity index is 131. The summed E-state index contributed by atoms with van der Waals surface area (Å²) in [6, 6.07) is 0. The Kier molecular flexibility index (Phi) is 5.49. The van der Waals surface area contributed by atoms with Crippen molar-refractivity contribution in [1.29, 1.82) is 0 Å². The predicted octanol–water partition coefficient (Wildman–Crippen LogP) is 1.18. The molecular formula is C5H14O3PS+. The molecule has 0 bridgehead atoms. The van der Waals surface area contributed by atoms with Gasteiger partial charge in [-0.3, -0.25) is 14.3 Å². The maximum atomic E-state index is 8.96. The minimum Gasteiger partial charge on any atom is -0.289 e. The van der Waals surface area contributed by atoms with Crippen LogP contribution in [0.4, 0.5) is 0 Å². The van der Waals surface area contributed by atoms with Crippen LogP contribution in [0.15, 0.2) is 0 Å². The lowest BCUT2D eigenvalue weighted by Gasteiger charge is -2.00. The molecule has 0 spiro atoms. The van der Waals surface area contributed by atoms with Gasteiger partial charge in [0.2, 0.25) is 10.9 Å².